The van der Waals surface area contributed by atoms with E-state index in [4.69, 9.17) is 0 Å². The second-order valence-corrected chi connectivity index (χ2v) is 4.85. The van der Waals surface area contributed by atoms with E-state index in [-0.39, 0.29) is 0 Å². The Morgan fingerprint density at radius 1 is 1.09 bits per heavy atom. The van der Waals surface area contributed by atoms with Crippen LogP contribution in [0, 0.1) is 0 Å². The van der Waals surface area contributed by atoms with Crippen LogP contribution in [0.25, 0.3) is 0 Å². The minimum atomic E-state index is 1.07. The Kier molecular flexibility index (Phi) is 5.09. The average molecular weight is 172 g/mol. The largest absolute Gasteiger partial charge is 0.157 e. The van der Waals surface area contributed by atoms with Crippen LogP contribution in [0.15, 0.2) is 0 Å². The van der Waals surface area contributed by atoms with Gasteiger partial charge in [0.2, 0.25) is 0 Å². The summed E-state index contributed by atoms with van der Waals surface area (Å²) < 4.78 is 0. The molecule has 0 aromatic carbocycles. The van der Waals surface area contributed by atoms with Gasteiger partial charge in [0.1, 0.15) is 0 Å². The highest BCUT2D eigenvalue weighted by Crippen LogP contribution is 2.34. The molecule has 0 radical (unpaired) electrons. The van der Waals surface area contributed by atoms with Crippen LogP contribution in [0.1, 0.15) is 51.9 Å². The molecule has 0 spiro atoms. The van der Waals surface area contributed by atoms with Gasteiger partial charge in [-0.2, -0.15) is 11.8 Å². The van der Waals surface area contributed by atoms with E-state index in [1.807, 2.05) is 0 Å². The van der Waals surface area contributed by atoms with E-state index >= 15 is 0 Å². The van der Waals surface area contributed by atoms with E-state index in [1.165, 1.54) is 50.7 Å². The topological polar surface area (TPSA) is 0 Å². The Labute approximate surface area is 75.1 Å². The van der Waals surface area contributed by atoms with Crippen molar-refractivity contribution in [2.75, 3.05) is 5.75 Å². The van der Waals surface area contributed by atoms with Crippen molar-refractivity contribution >= 4 is 11.8 Å². The van der Waals surface area contributed by atoms with Gasteiger partial charge in [0.25, 0.3) is 0 Å². The molecule has 0 saturated carbocycles. The minimum Gasteiger partial charge on any atom is -0.157 e. The predicted molar refractivity (Wildman–Crippen MR) is 54.2 cm³/mol. The number of hydrogen-bond donors (Lipinski definition) is 0. The first kappa shape index (κ1) is 9.44. The molecule has 0 aromatic heterocycles. The third kappa shape index (κ3) is 5.60. The highest BCUT2D eigenvalue weighted by Gasteiger charge is 2.20. The molecule has 0 aromatic rings. The summed E-state index contributed by atoms with van der Waals surface area (Å²) in [5.41, 5.74) is 0. The van der Waals surface area contributed by atoms with Crippen LogP contribution in [0.5, 0.6) is 0 Å². The average Bonchev–Trinajstić information content (AvgIpc) is 2.80. The third-order valence-electron chi connectivity index (χ3n) is 2.28. The summed E-state index contributed by atoms with van der Waals surface area (Å²) >= 11 is 2.14. The molecule has 1 rings (SSSR count). The minimum absolute atomic E-state index is 1.07. The van der Waals surface area contributed by atoms with Gasteiger partial charge in [-0.25, -0.2) is 0 Å². The molecule has 0 aliphatic carbocycles. The Bertz CT molecular complexity index is 86.9. The summed E-state index contributed by atoms with van der Waals surface area (Å²) in [6.45, 7) is 2.28. The van der Waals surface area contributed by atoms with Gasteiger partial charge >= 0.3 is 0 Å². The first-order valence-corrected chi connectivity index (χ1v) is 6.10. The van der Waals surface area contributed by atoms with Crippen LogP contribution < -0.4 is 0 Å². The summed E-state index contributed by atoms with van der Waals surface area (Å²) in [4.78, 5) is 0. The maximum Gasteiger partial charge on any atom is 0.0138 e. The number of thioether (sulfide) groups is 1. The van der Waals surface area contributed by atoms with Gasteiger partial charge in [0.15, 0.2) is 0 Å². The molecular weight excluding hydrogens is 152 g/mol. The van der Waals surface area contributed by atoms with Crippen LogP contribution in [0.3, 0.4) is 0 Å². The molecule has 1 aliphatic rings. The molecule has 1 atom stereocenters. The standard InChI is InChI=1S/C10H20S/c1-2-3-4-5-6-7-8-10-9-11-10/h10H,2-9H2,1H3/t10-/m0/s1. The summed E-state index contributed by atoms with van der Waals surface area (Å²) in [5.74, 6) is 1.45. The molecular formula is C10H20S. The van der Waals surface area contributed by atoms with Crippen LogP contribution in [-0.2, 0) is 0 Å². The molecule has 0 bridgehead atoms. The van der Waals surface area contributed by atoms with Crippen LogP contribution in [0.2, 0.25) is 0 Å². The fourth-order valence-electron chi connectivity index (χ4n) is 1.39. The molecule has 1 heteroatoms. The summed E-state index contributed by atoms with van der Waals surface area (Å²) in [6.07, 6.45) is 10.2. The highest BCUT2D eigenvalue weighted by molar-refractivity contribution is 8.06. The quantitative estimate of drug-likeness (QED) is 0.415. The van der Waals surface area contributed by atoms with Crippen molar-refractivity contribution in [3.05, 3.63) is 0 Å². The lowest BCUT2D eigenvalue weighted by molar-refractivity contribution is 0.595. The maximum absolute atomic E-state index is 2.28. The molecule has 0 unspecified atom stereocenters. The Hall–Kier alpha value is 0.350. The van der Waals surface area contributed by atoms with Gasteiger partial charge in [0.05, 0.1) is 0 Å². The van der Waals surface area contributed by atoms with Crippen molar-refractivity contribution < 1.29 is 0 Å². The van der Waals surface area contributed by atoms with E-state index in [0.717, 1.165) is 5.25 Å². The Balaban J connectivity index is 1.66. The molecule has 66 valence electrons. The van der Waals surface area contributed by atoms with E-state index < -0.39 is 0 Å². The Morgan fingerprint density at radius 3 is 2.36 bits per heavy atom. The molecule has 1 heterocycles. The zero-order chi connectivity index (χ0) is 7.94. The van der Waals surface area contributed by atoms with Crippen molar-refractivity contribution in [2.45, 2.75) is 57.1 Å². The lowest BCUT2D eigenvalue weighted by Gasteiger charge is -1.98. The van der Waals surface area contributed by atoms with Crippen LogP contribution in [0.4, 0.5) is 0 Å². The van der Waals surface area contributed by atoms with Gasteiger partial charge in [-0.1, -0.05) is 45.4 Å². The fraction of sp³-hybridized carbons (Fsp3) is 1.00. The number of unbranched alkanes of at least 4 members (excludes halogenated alkanes) is 5. The predicted octanol–water partition coefficient (Wildman–Crippen LogP) is 3.85. The maximum atomic E-state index is 2.28. The van der Waals surface area contributed by atoms with E-state index in [2.05, 4.69) is 18.7 Å². The molecule has 1 saturated heterocycles. The molecule has 1 aliphatic heterocycles. The van der Waals surface area contributed by atoms with Crippen molar-refractivity contribution in [1.29, 1.82) is 0 Å². The number of hydrogen-bond acceptors (Lipinski definition) is 1. The molecule has 0 nitrogen and oxygen atoms in total. The second-order valence-electron chi connectivity index (χ2n) is 3.51. The van der Waals surface area contributed by atoms with Crippen LogP contribution >= 0.6 is 11.8 Å². The van der Waals surface area contributed by atoms with Gasteiger partial charge in [-0.3, -0.25) is 0 Å². The first-order valence-electron chi connectivity index (χ1n) is 5.05. The van der Waals surface area contributed by atoms with Gasteiger partial charge < -0.3 is 0 Å². The SMILES string of the molecule is CCCCCCCC[C@H]1CS1. The third-order valence-corrected chi connectivity index (χ3v) is 3.32. The molecule has 0 amide bonds. The summed E-state index contributed by atoms with van der Waals surface area (Å²) in [7, 11) is 0. The first-order chi connectivity index (χ1) is 5.43. The van der Waals surface area contributed by atoms with Gasteiger partial charge in [-0.05, 0) is 6.42 Å². The number of rotatable bonds is 7. The summed E-state index contributed by atoms with van der Waals surface area (Å²) in [5, 5.41) is 1.07. The lowest BCUT2D eigenvalue weighted by atomic mass is 10.1. The zero-order valence-corrected chi connectivity index (χ0v) is 8.46. The van der Waals surface area contributed by atoms with Crippen molar-refractivity contribution in [3.8, 4) is 0 Å². The van der Waals surface area contributed by atoms with Crippen molar-refractivity contribution in [2.24, 2.45) is 0 Å². The highest BCUT2D eigenvalue weighted by atomic mass is 32.2. The lowest BCUT2D eigenvalue weighted by Crippen LogP contribution is -1.84. The molecule has 1 fully saturated rings. The van der Waals surface area contributed by atoms with E-state index in [9.17, 15) is 0 Å². The summed E-state index contributed by atoms with van der Waals surface area (Å²) in [6, 6.07) is 0. The zero-order valence-electron chi connectivity index (χ0n) is 7.64. The monoisotopic (exact) mass is 172 g/mol. The van der Waals surface area contributed by atoms with Crippen molar-refractivity contribution in [1.82, 2.24) is 0 Å². The Morgan fingerprint density at radius 2 is 1.73 bits per heavy atom. The normalized spacial score (nSPS) is 22.1. The fourth-order valence-corrected chi connectivity index (χ4v) is 2.02. The van der Waals surface area contributed by atoms with Gasteiger partial charge in [0, 0.05) is 11.0 Å². The second kappa shape index (κ2) is 5.93. The van der Waals surface area contributed by atoms with Crippen molar-refractivity contribution in [3.63, 3.8) is 0 Å². The van der Waals surface area contributed by atoms with E-state index in [0.29, 0.717) is 0 Å². The van der Waals surface area contributed by atoms with Crippen LogP contribution in [-0.4, -0.2) is 11.0 Å². The molecule has 11 heavy (non-hydrogen) atoms. The van der Waals surface area contributed by atoms with E-state index in [1.54, 1.807) is 0 Å². The molecule has 0 N–H and O–H groups in total. The smallest absolute Gasteiger partial charge is 0.0138 e. The van der Waals surface area contributed by atoms with Gasteiger partial charge in [-0.15, -0.1) is 0 Å².